The average Bonchev–Trinajstić information content (AvgIpc) is 1.91. The van der Waals surface area contributed by atoms with Crippen LogP contribution in [0.4, 0.5) is 5.82 Å². The van der Waals surface area contributed by atoms with E-state index in [4.69, 9.17) is 5.73 Å². The van der Waals surface area contributed by atoms with Crippen LogP contribution in [-0.4, -0.2) is 4.98 Å². The Morgan fingerprint density at radius 1 is 1.50 bits per heavy atom. The molecule has 2 N–H and O–H groups in total. The highest BCUT2D eigenvalue weighted by atomic mass is 79.9. The van der Waals surface area contributed by atoms with E-state index in [1.54, 1.807) is 0 Å². The van der Waals surface area contributed by atoms with E-state index in [9.17, 15) is 0 Å². The fourth-order valence-corrected chi connectivity index (χ4v) is 2.14. The van der Waals surface area contributed by atoms with Gasteiger partial charge in [0.1, 0.15) is 5.82 Å². The van der Waals surface area contributed by atoms with Crippen LogP contribution in [-0.2, 0) is 0 Å². The van der Waals surface area contributed by atoms with Crippen LogP contribution in [0.5, 0.6) is 0 Å². The van der Waals surface area contributed by atoms with Gasteiger partial charge in [-0.15, -0.1) is 0 Å². The second kappa shape index (κ2) is 3.05. The number of nitrogens with two attached hydrogens (primary N) is 1. The third kappa shape index (κ3) is 1.33. The number of nitrogens with zero attached hydrogens (tertiary/aromatic N) is 1. The van der Waals surface area contributed by atoms with Gasteiger partial charge >= 0.3 is 0 Å². The number of aromatic nitrogens is 1. The Morgan fingerprint density at radius 2 is 2.25 bits per heavy atom. The van der Waals surface area contributed by atoms with Gasteiger partial charge in [-0.25, -0.2) is 4.98 Å². The number of hydrogen-bond acceptors (Lipinski definition) is 2. The first-order valence-corrected chi connectivity index (χ1v) is 4.97. The Kier molecular flexibility index (Phi) is 2.05. The molecule has 1 aromatic heterocycles. The number of anilines is 1. The molecule has 0 atom stereocenters. The van der Waals surface area contributed by atoms with Gasteiger partial charge in [-0.2, -0.15) is 0 Å². The van der Waals surface area contributed by atoms with Crippen LogP contribution in [0.2, 0.25) is 0 Å². The summed E-state index contributed by atoms with van der Waals surface area (Å²) >= 11 is 3.50. The predicted octanol–water partition coefficient (Wildman–Crippen LogP) is 2.69. The van der Waals surface area contributed by atoms with Crippen molar-refractivity contribution in [3.8, 4) is 0 Å². The van der Waals surface area contributed by atoms with E-state index in [-0.39, 0.29) is 0 Å². The normalized spacial score (nSPS) is 17.4. The molecule has 0 saturated heterocycles. The van der Waals surface area contributed by atoms with E-state index in [1.165, 1.54) is 24.8 Å². The van der Waals surface area contributed by atoms with Gasteiger partial charge in [0.25, 0.3) is 0 Å². The van der Waals surface area contributed by atoms with E-state index in [0.717, 1.165) is 4.47 Å². The molecule has 0 bridgehead atoms. The predicted molar refractivity (Wildman–Crippen MR) is 52.9 cm³/mol. The maximum Gasteiger partial charge on any atom is 0.124 e. The minimum atomic E-state index is 0.588. The average molecular weight is 227 g/mol. The molecule has 0 amide bonds. The summed E-state index contributed by atoms with van der Waals surface area (Å²) in [6, 6.07) is 1.88. The first-order chi connectivity index (χ1) is 5.77. The molecular formula is C9H11BrN2. The summed E-state index contributed by atoms with van der Waals surface area (Å²) in [4.78, 5) is 4.09. The van der Waals surface area contributed by atoms with Gasteiger partial charge < -0.3 is 5.73 Å². The third-order valence-corrected chi connectivity index (χ3v) is 3.13. The second-order valence-electron chi connectivity index (χ2n) is 3.26. The van der Waals surface area contributed by atoms with E-state index < -0.39 is 0 Å². The van der Waals surface area contributed by atoms with Gasteiger partial charge in [-0.3, -0.25) is 0 Å². The SMILES string of the molecule is Nc1cc(Br)c(C2CCC2)cn1. The minimum Gasteiger partial charge on any atom is -0.384 e. The summed E-state index contributed by atoms with van der Waals surface area (Å²) in [7, 11) is 0. The van der Waals surface area contributed by atoms with Crippen molar-refractivity contribution in [1.82, 2.24) is 4.98 Å². The molecule has 2 rings (SSSR count). The van der Waals surface area contributed by atoms with Crippen LogP contribution in [0.15, 0.2) is 16.7 Å². The largest absolute Gasteiger partial charge is 0.384 e. The number of hydrogen-bond donors (Lipinski definition) is 1. The number of rotatable bonds is 1. The topological polar surface area (TPSA) is 38.9 Å². The van der Waals surface area contributed by atoms with Gasteiger partial charge in [0.15, 0.2) is 0 Å². The highest BCUT2D eigenvalue weighted by molar-refractivity contribution is 9.10. The maximum atomic E-state index is 5.55. The van der Waals surface area contributed by atoms with Gasteiger partial charge in [-0.1, -0.05) is 22.4 Å². The fourth-order valence-electron chi connectivity index (χ4n) is 1.48. The van der Waals surface area contributed by atoms with Gasteiger partial charge in [0.05, 0.1) is 0 Å². The zero-order chi connectivity index (χ0) is 8.55. The molecule has 0 unspecified atom stereocenters. The zero-order valence-electron chi connectivity index (χ0n) is 6.76. The summed E-state index contributed by atoms with van der Waals surface area (Å²) in [5.41, 5.74) is 6.86. The van der Waals surface area contributed by atoms with Crippen LogP contribution < -0.4 is 5.73 Å². The van der Waals surface area contributed by atoms with Crippen molar-refractivity contribution in [2.45, 2.75) is 25.2 Å². The number of nitrogen functional groups attached to an aromatic ring is 1. The molecule has 12 heavy (non-hydrogen) atoms. The van der Waals surface area contributed by atoms with Crippen molar-refractivity contribution in [1.29, 1.82) is 0 Å². The molecule has 0 aromatic carbocycles. The van der Waals surface area contributed by atoms with Crippen molar-refractivity contribution in [2.24, 2.45) is 0 Å². The first-order valence-electron chi connectivity index (χ1n) is 4.18. The van der Waals surface area contributed by atoms with Crippen LogP contribution in [0.3, 0.4) is 0 Å². The van der Waals surface area contributed by atoms with E-state index >= 15 is 0 Å². The van der Waals surface area contributed by atoms with Crippen molar-refractivity contribution in [2.75, 3.05) is 5.73 Å². The zero-order valence-corrected chi connectivity index (χ0v) is 8.34. The third-order valence-electron chi connectivity index (χ3n) is 2.45. The lowest BCUT2D eigenvalue weighted by Gasteiger charge is -2.26. The molecule has 1 fully saturated rings. The molecule has 0 spiro atoms. The number of pyridine rings is 1. The Bertz CT molecular complexity index is 295. The van der Waals surface area contributed by atoms with Crippen molar-refractivity contribution in [3.05, 3.63) is 22.3 Å². The molecule has 1 saturated carbocycles. The molecule has 2 nitrogen and oxygen atoms in total. The molecule has 1 heterocycles. The van der Waals surface area contributed by atoms with E-state index in [1.807, 2.05) is 12.3 Å². The molecule has 0 aliphatic heterocycles. The Hall–Kier alpha value is -0.570. The van der Waals surface area contributed by atoms with Gasteiger partial charge in [-0.05, 0) is 30.4 Å². The minimum absolute atomic E-state index is 0.588. The lowest BCUT2D eigenvalue weighted by atomic mass is 9.81. The Morgan fingerprint density at radius 3 is 2.75 bits per heavy atom. The summed E-state index contributed by atoms with van der Waals surface area (Å²) in [6.07, 6.45) is 5.83. The highest BCUT2D eigenvalue weighted by Gasteiger charge is 2.21. The van der Waals surface area contributed by atoms with Gasteiger partial charge in [0.2, 0.25) is 0 Å². The van der Waals surface area contributed by atoms with Crippen molar-refractivity contribution in [3.63, 3.8) is 0 Å². The quantitative estimate of drug-likeness (QED) is 0.800. The lowest BCUT2D eigenvalue weighted by Crippen LogP contribution is -2.10. The Labute approximate surface area is 80.3 Å². The maximum absolute atomic E-state index is 5.55. The van der Waals surface area contributed by atoms with Crippen molar-refractivity contribution >= 4 is 21.7 Å². The summed E-state index contributed by atoms with van der Waals surface area (Å²) in [5, 5.41) is 0. The monoisotopic (exact) mass is 226 g/mol. The standard InChI is InChI=1S/C9H11BrN2/c10-8-4-9(11)12-5-7(8)6-2-1-3-6/h4-6H,1-3H2,(H2,11,12). The van der Waals surface area contributed by atoms with Gasteiger partial charge in [0, 0.05) is 10.7 Å². The van der Waals surface area contributed by atoms with E-state index in [2.05, 4.69) is 20.9 Å². The molecular weight excluding hydrogens is 216 g/mol. The first kappa shape index (κ1) is 8.05. The van der Waals surface area contributed by atoms with Crippen molar-refractivity contribution < 1.29 is 0 Å². The van der Waals surface area contributed by atoms with E-state index in [0.29, 0.717) is 11.7 Å². The molecule has 64 valence electrons. The summed E-state index contributed by atoms with van der Waals surface area (Å²) in [6.45, 7) is 0. The summed E-state index contributed by atoms with van der Waals surface area (Å²) < 4.78 is 1.11. The van der Waals surface area contributed by atoms with Crippen LogP contribution in [0.1, 0.15) is 30.7 Å². The second-order valence-corrected chi connectivity index (χ2v) is 4.11. The smallest absolute Gasteiger partial charge is 0.124 e. The highest BCUT2D eigenvalue weighted by Crippen LogP contribution is 2.39. The van der Waals surface area contributed by atoms with Crippen LogP contribution in [0, 0.1) is 0 Å². The van der Waals surface area contributed by atoms with Crippen LogP contribution in [0.25, 0.3) is 0 Å². The number of halogens is 1. The molecule has 1 aliphatic rings. The van der Waals surface area contributed by atoms with Crippen LogP contribution >= 0.6 is 15.9 Å². The molecule has 3 heteroatoms. The summed E-state index contributed by atoms with van der Waals surface area (Å²) in [5.74, 6) is 1.30. The lowest BCUT2D eigenvalue weighted by molar-refractivity contribution is 0.417. The fraction of sp³-hybridized carbons (Fsp3) is 0.444. The molecule has 1 aromatic rings. The molecule has 1 aliphatic carbocycles. The molecule has 0 radical (unpaired) electrons. The Balaban J connectivity index is 2.31.